The number of hydrogen-bond acceptors (Lipinski definition) is 2. The van der Waals surface area contributed by atoms with Gasteiger partial charge in [-0.15, -0.1) is 0 Å². The second-order valence-corrected chi connectivity index (χ2v) is 7.09. The number of hydrogen-bond donors (Lipinski definition) is 2. The molecule has 2 rings (SSSR count). The summed E-state index contributed by atoms with van der Waals surface area (Å²) >= 11 is 15.9. The first kappa shape index (κ1) is 15.8. The molecule has 0 aromatic heterocycles. The third-order valence-electron chi connectivity index (χ3n) is 2.45. The molecule has 0 aliphatic heterocycles. The van der Waals surface area contributed by atoms with Gasteiger partial charge in [-0.2, -0.15) is 0 Å². The van der Waals surface area contributed by atoms with Gasteiger partial charge in [0.1, 0.15) is 0 Å². The van der Waals surface area contributed by atoms with E-state index >= 15 is 0 Å². The van der Waals surface area contributed by atoms with E-state index in [0.717, 1.165) is 8.95 Å². The molecule has 7 heteroatoms. The van der Waals surface area contributed by atoms with Crippen LogP contribution in [0.4, 0.5) is 11.4 Å². The van der Waals surface area contributed by atoms with Crippen molar-refractivity contribution in [2.45, 2.75) is 0 Å². The monoisotopic (exact) mass is 480 g/mol. The Hall–Kier alpha value is -0.560. The average Bonchev–Trinajstić information content (AvgIpc) is 2.32. The summed E-state index contributed by atoms with van der Waals surface area (Å²) < 4.78 is 2.25. The molecule has 0 saturated heterocycles. The van der Waals surface area contributed by atoms with Crippen LogP contribution in [0.3, 0.4) is 0 Å². The fourth-order valence-corrected chi connectivity index (χ4v) is 3.81. The normalized spacial score (nSPS) is 10.4. The van der Waals surface area contributed by atoms with Gasteiger partial charge >= 0.3 is 0 Å². The van der Waals surface area contributed by atoms with Crippen LogP contribution in [0.5, 0.6) is 0 Å². The van der Waals surface area contributed by atoms with Crippen molar-refractivity contribution in [3.05, 3.63) is 54.3 Å². The van der Waals surface area contributed by atoms with Gasteiger partial charge in [-0.1, -0.05) is 43.5 Å². The van der Waals surface area contributed by atoms with Gasteiger partial charge < -0.3 is 11.1 Å². The minimum atomic E-state index is -0.289. The molecule has 0 saturated carbocycles. The lowest BCUT2D eigenvalue weighted by molar-refractivity contribution is 0.102. The molecule has 20 heavy (non-hydrogen) atoms. The topological polar surface area (TPSA) is 55.1 Å². The maximum atomic E-state index is 12.2. The number of benzene rings is 2. The first-order valence-corrected chi connectivity index (χ1v) is 8.14. The van der Waals surface area contributed by atoms with Crippen molar-refractivity contribution in [2.75, 3.05) is 11.1 Å². The zero-order valence-corrected chi connectivity index (χ0v) is 15.4. The van der Waals surface area contributed by atoms with E-state index in [1.54, 1.807) is 30.3 Å². The van der Waals surface area contributed by atoms with Gasteiger partial charge in [0, 0.05) is 24.0 Å². The van der Waals surface area contributed by atoms with Gasteiger partial charge in [0.25, 0.3) is 5.91 Å². The van der Waals surface area contributed by atoms with Gasteiger partial charge in [-0.25, -0.2) is 0 Å². The molecule has 0 heterocycles. The van der Waals surface area contributed by atoms with E-state index in [0.29, 0.717) is 26.4 Å². The number of carbonyl (C=O) groups is 1. The van der Waals surface area contributed by atoms with Crippen LogP contribution >= 0.6 is 59.4 Å². The summed E-state index contributed by atoms with van der Waals surface area (Å²) in [4.78, 5) is 12.2. The van der Waals surface area contributed by atoms with E-state index in [4.69, 9.17) is 17.3 Å². The second-order valence-electron chi connectivity index (χ2n) is 3.96. The lowest BCUT2D eigenvalue weighted by Crippen LogP contribution is -2.13. The highest BCUT2D eigenvalue weighted by Gasteiger charge is 2.13. The Bertz CT molecular complexity index is 648. The van der Waals surface area contributed by atoms with Crippen molar-refractivity contribution in [1.29, 1.82) is 0 Å². The van der Waals surface area contributed by atoms with Gasteiger partial charge in [-0.3, -0.25) is 4.79 Å². The Morgan fingerprint density at radius 2 is 1.70 bits per heavy atom. The molecule has 104 valence electrons. The molecule has 2 aromatic rings. The first-order chi connectivity index (χ1) is 9.36. The Morgan fingerprint density at radius 3 is 2.30 bits per heavy atom. The molecule has 0 radical (unpaired) electrons. The summed E-state index contributed by atoms with van der Waals surface area (Å²) in [5.41, 5.74) is 7.32. The van der Waals surface area contributed by atoms with Crippen LogP contribution in [0.25, 0.3) is 0 Å². The maximum absolute atomic E-state index is 12.2. The number of anilines is 2. The molecule has 0 fully saturated rings. The molecule has 0 aliphatic carbocycles. The van der Waals surface area contributed by atoms with Crippen molar-refractivity contribution in [3.8, 4) is 0 Å². The summed E-state index contributed by atoms with van der Waals surface area (Å²) in [6.07, 6.45) is 0. The summed E-state index contributed by atoms with van der Waals surface area (Å²) in [5.74, 6) is -0.289. The van der Waals surface area contributed by atoms with Crippen LogP contribution in [0.2, 0.25) is 5.02 Å². The van der Waals surface area contributed by atoms with E-state index in [9.17, 15) is 4.79 Å². The number of nitrogens with two attached hydrogens (primary N) is 1. The van der Waals surface area contributed by atoms with Crippen molar-refractivity contribution >= 4 is 76.7 Å². The van der Waals surface area contributed by atoms with Gasteiger partial charge in [0.05, 0.1) is 11.4 Å². The number of halogens is 4. The average molecular weight is 483 g/mol. The summed E-state index contributed by atoms with van der Waals surface area (Å²) in [6, 6.07) is 8.51. The fourth-order valence-electron chi connectivity index (χ4n) is 1.60. The Labute approximate surface area is 146 Å². The number of nitrogen functional groups attached to an aromatic ring is 1. The molecule has 0 bridgehead atoms. The van der Waals surface area contributed by atoms with Crippen LogP contribution in [0, 0.1) is 0 Å². The predicted octanol–water partition coefficient (Wildman–Crippen LogP) is 5.46. The summed E-state index contributed by atoms with van der Waals surface area (Å²) in [5, 5.41) is 3.24. The molecule has 0 aliphatic rings. The van der Waals surface area contributed by atoms with E-state index in [1.807, 2.05) is 0 Å². The highest BCUT2D eigenvalue weighted by Crippen LogP contribution is 2.33. The van der Waals surface area contributed by atoms with Crippen LogP contribution in [-0.2, 0) is 0 Å². The van der Waals surface area contributed by atoms with E-state index in [-0.39, 0.29) is 5.91 Å². The molecule has 0 spiro atoms. The smallest absolute Gasteiger partial charge is 0.255 e. The fraction of sp³-hybridized carbons (Fsp3) is 0. The van der Waals surface area contributed by atoms with Gasteiger partial charge in [0.15, 0.2) is 0 Å². The predicted molar refractivity (Wildman–Crippen MR) is 93.4 cm³/mol. The second kappa shape index (κ2) is 6.47. The Balaban J connectivity index is 2.32. The third kappa shape index (κ3) is 3.75. The highest BCUT2D eigenvalue weighted by molar-refractivity contribution is 9.11. The molecule has 3 nitrogen and oxygen atoms in total. The van der Waals surface area contributed by atoms with E-state index in [2.05, 4.69) is 53.1 Å². The van der Waals surface area contributed by atoms with Crippen LogP contribution in [-0.4, -0.2) is 5.91 Å². The first-order valence-electron chi connectivity index (χ1n) is 5.39. The maximum Gasteiger partial charge on any atom is 0.255 e. The molecule has 0 atom stereocenters. The SMILES string of the molecule is Nc1cc(Br)cc(Br)c1NC(=O)c1cc(Cl)cc(Br)c1. The zero-order valence-electron chi connectivity index (χ0n) is 9.88. The number of amides is 1. The minimum Gasteiger partial charge on any atom is -0.397 e. The van der Waals surface area contributed by atoms with Crippen molar-refractivity contribution in [1.82, 2.24) is 0 Å². The standard InChI is InChI=1S/C13H8Br3ClN2O/c14-7-1-6(2-9(17)3-7)13(20)19-12-10(16)4-8(15)5-11(12)18/h1-5H,18H2,(H,19,20). The van der Waals surface area contributed by atoms with E-state index < -0.39 is 0 Å². The van der Waals surface area contributed by atoms with Crippen molar-refractivity contribution in [2.24, 2.45) is 0 Å². The highest BCUT2D eigenvalue weighted by atomic mass is 79.9. The van der Waals surface area contributed by atoms with Gasteiger partial charge in [-0.05, 0) is 46.3 Å². The van der Waals surface area contributed by atoms with Crippen molar-refractivity contribution < 1.29 is 4.79 Å². The molecular formula is C13H8Br3ClN2O. The van der Waals surface area contributed by atoms with Crippen molar-refractivity contribution in [3.63, 3.8) is 0 Å². The number of carbonyl (C=O) groups excluding carboxylic acids is 1. The largest absolute Gasteiger partial charge is 0.397 e. The summed E-state index contributed by atoms with van der Waals surface area (Å²) in [6.45, 7) is 0. The van der Waals surface area contributed by atoms with E-state index in [1.165, 1.54) is 0 Å². The van der Waals surface area contributed by atoms with Gasteiger partial charge in [0.2, 0.25) is 0 Å². The van der Waals surface area contributed by atoms with Crippen LogP contribution in [0.1, 0.15) is 10.4 Å². The minimum absolute atomic E-state index is 0.289. The van der Waals surface area contributed by atoms with Crippen LogP contribution < -0.4 is 11.1 Å². The van der Waals surface area contributed by atoms with Crippen LogP contribution in [0.15, 0.2) is 43.7 Å². The molecule has 2 aromatic carbocycles. The third-order valence-corrected chi connectivity index (χ3v) is 4.21. The zero-order chi connectivity index (χ0) is 14.9. The summed E-state index contributed by atoms with van der Waals surface area (Å²) in [7, 11) is 0. The molecule has 0 unspecified atom stereocenters. The number of nitrogens with one attached hydrogen (secondary N) is 1. The number of rotatable bonds is 2. The molecule has 3 N–H and O–H groups in total. The Morgan fingerprint density at radius 1 is 1.05 bits per heavy atom. The lowest BCUT2D eigenvalue weighted by atomic mass is 10.2. The molecular weight excluding hydrogens is 475 g/mol. The Kier molecular flexibility index (Phi) is 5.12. The molecule has 1 amide bonds. The lowest BCUT2D eigenvalue weighted by Gasteiger charge is -2.11. The quantitative estimate of drug-likeness (QED) is 0.558.